The minimum absolute atomic E-state index is 0.0239. The molecular weight excluding hydrogens is 380 g/mol. The van der Waals surface area contributed by atoms with Crippen molar-refractivity contribution in [1.29, 1.82) is 0 Å². The van der Waals surface area contributed by atoms with E-state index in [1.807, 2.05) is 0 Å². The third-order valence-corrected chi connectivity index (χ3v) is 3.80. The van der Waals surface area contributed by atoms with Gasteiger partial charge in [-0.1, -0.05) is 28.1 Å². The van der Waals surface area contributed by atoms with Crippen LogP contribution >= 0.6 is 15.9 Å². The van der Waals surface area contributed by atoms with Crippen LogP contribution in [0.5, 0.6) is 17.2 Å². The van der Waals surface area contributed by atoms with Gasteiger partial charge in [-0.05, 0) is 30.3 Å². The molecule has 0 saturated heterocycles. The van der Waals surface area contributed by atoms with Crippen LogP contribution in [-0.4, -0.2) is 29.6 Å². The van der Waals surface area contributed by atoms with Crippen molar-refractivity contribution in [2.75, 3.05) is 6.61 Å². The maximum absolute atomic E-state index is 12.1. The van der Waals surface area contributed by atoms with Crippen molar-refractivity contribution < 1.29 is 24.2 Å². The van der Waals surface area contributed by atoms with Gasteiger partial charge < -0.3 is 14.6 Å². The molecule has 8 heteroatoms. The highest BCUT2D eigenvalue weighted by atomic mass is 79.9. The average Bonchev–Trinajstić information content (AvgIpc) is 2.61. The number of phenols is 1. The Kier molecular flexibility index (Phi) is 4.57. The second-order valence-corrected chi connectivity index (χ2v) is 5.88. The zero-order valence-corrected chi connectivity index (χ0v) is 13.9. The van der Waals surface area contributed by atoms with Gasteiger partial charge in [0.05, 0.1) is 5.56 Å². The van der Waals surface area contributed by atoms with Crippen LogP contribution in [0.25, 0.3) is 0 Å². The highest BCUT2D eigenvalue weighted by molar-refractivity contribution is 9.10. The Hall–Kier alpha value is -2.74. The number of hydrogen-bond donors (Lipinski definition) is 3. The molecule has 1 aliphatic rings. The quantitative estimate of drug-likeness (QED) is 0.676. The molecule has 1 heterocycles. The molecule has 0 unspecified atom stereocenters. The first kappa shape index (κ1) is 16.1. The molecule has 3 N–H and O–H groups in total. The molecule has 0 aliphatic carbocycles. The number of hydrogen-bond acceptors (Lipinski definition) is 5. The van der Waals surface area contributed by atoms with Crippen LogP contribution in [0.3, 0.4) is 0 Å². The van der Waals surface area contributed by atoms with Gasteiger partial charge in [0.15, 0.2) is 11.5 Å². The topological polar surface area (TPSA) is 96.9 Å². The number of carbonyl (C=O) groups is 2. The molecular formula is C16H13BrN2O5. The van der Waals surface area contributed by atoms with Crippen molar-refractivity contribution in [1.82, 2.24) is 10.9 Å². The van der Waals surface area contributed by atoms with Crippen molar-refractivity contribution in [2.24, 2.45) is 0 Å². The molecule has 2 aromatic carbocycles. The van der Waals surface area contributed by atoms with E-state index >= 15 is 0 Å². The summed E-state index contributed by atoms with van der Waals surface area (Å²) in [6.45, 7) is 0.0286. The van der Waals surface area contributed by atoms with Crippen LogP contribution < -0.4 is 20.3 Å². The molecule has 7 nitrogen and oxygen atoms in total. The molecule has 0 aromatic heterocycles. The number of amides is 2. The number of benzene rings is 2. The lowest BCUT2D eigenvalue weighted by molar-refractivity contribution is -0.131. The van der Waals surface area contributed by atoms with Gasteiger partial charge in [0.25, 0.3) is 11.8 Å². The highest BCUT2D eigenvalue weighted by Gasteiger charge is 2.27. The highest BCUT2D eigenvalue weighted by Crippen LogP contribution is 2.30. The average molecular weight is 393 g/mol. The summed E-state index contributed by atoms with van der Waals surface area (Å²) in [5, 5.41) is 9.69. The molecule has 0 fully saturated rings. The van der Waals surface area contributed by atoms with E-state index in [4.69, 9.17) is 9.47 Å². The molecule has 0 saturated carbocycles. The fraction of sp³-hybridized carbons (Fsp3) is 0.125. The van der Waals surface area contributed by atoms with Crippen molar-refractivity contribution in [3.8, 4) is 17.2 Å². The van der Waals surface area contributed by atoms with E-state index in [-0.39, 0.29) is 17.9 Å². The van der Waals surface area contributed by atoms with E-state index in [0.29, 0.717) is 16.0 Å². The lowest BCUT2D eigenvalue weighted by atomic mass is 10.2. The molecule has 24 heavy (non-hydrogen) atoms. The summed E-state index contributed by atoms with van der Waals surface area (Å²) in [5.41, 5.74) is 4.52. The summed E-state index contributed by atoms with van der Waals surface area (Å²) in [6, 6.07) is 11.4. The third kappa shape index (κ3) is 3.43. The number of nitrogens with one attached hydrogen (secondary N) is 2. The Labute approximate surface area is 145 Å². The summed E-state index contributed by atoms with van der Waals surface area (Å²) in [5.74, 6) is -0.396. The van der Waals surface area contributed by atoms with Crippen LogP contribution in [0.2, 0.25) is 0 Å². The summed E-state index contributed by atoms with van der Waals surface area (Å²) in [6.07, 6.45) is -0.892. The van der Waals surface area contributed by atoms with E-state index in [2.05, 4.69) is 26.8 Å². The first-order valence-corrected chi connectivity index (χ1v) is 7.81. The predicted molar refractivity (Wildman–Crippen MR) is 87.8 cm³/mol. The maximum Gasteiger partial charge on any atom is 0.283 e. The van der Waals surface area contributed by atoms with Gasteiger partial charge in [-0.15, -0.1) is 0 Å². The van der Waals surface area contributed by atoms with Crippen molar-refractivity contribution in [3.63, 3.8) is 0 Å². The minimum Gasteiger partial charge on any atom is -0.507 e. The first-order chi connectivity index (χ1) is 11.5. The molecule has 0 radical (unpaired) electrons. The monoisotopic (exact) mass is 392 g/mol. The van der Waals surface area contributed by atoms with Gasteiger partial charge in [-0.25, -0.2) is 0 Å². The minimum atomic E-state index is -0.892. The third-order valence-electron chi connectivity index (χ3n) is 3.30. The van der Waals surface area contributed by atoms with Crippen LogP contribution in [-0.2, 0) is 4.79 Å². The fourth-order valence-corrected chi connectivity index (χ4v) is 2.47. The maximum atomic E-state index is 12.1. The van der Waals surface area contributed by atoms with Crippen LogP contribution in [0.4, 0.5) is 0 Å². The fourth-order valence-electron chi connectivity index (χ4n) is 2.11. The standard InChI is InChI=1S/C16H13BrN2O5/c17-9-5-6-11(20)10(7-9)15(21)18-19-16(22)14-8-23-12-3-1-2-4-13(12)24-14/h1-7,14,20H,8H2,(H,18,21)(H,19,22)/t14-/m0/s1. The molecule has 2 amide bonds. The van der Waals surface area contributed by atoms with Crippen LogP contribution in [0.15, 0.2) is 46.9 Å². The zero-order valence-electron chi connectivity index (χ0n) is 12.3. The van der Waals surface area contributed by atoms with Gasteiger partial charge in [0, 0.05) is 4.47 Å². The lowest BCUT2D eigenvalue weighted by Crippen LogP contribution is -2.50. The van der Waals surface area contributed by atoms with E-state index in [1.54, 1.807) is 30.3 Å². The van der Waals surface area contributed by atoms with Gasteiger partial charge in [0.1, 0.15) is 12.4 Å². The number of phenolic OH excluding ortho intramolecular Hbond substituents is 1. The largest absolute Gasteiger partial charge is 0.507 e. The summed E-state index contributed by atoms with van der Waals surface area (Å²) < 4.78 is 11.6. The normalized spacial score (nSPS) is 15.5. The predicted octanol–water partition coefficient (Wildman–Crippen LogP) is 1.76. The molecule has 1 aliphatic heterocycles. The second kappa shape index (κ2) is 6.79. The smallest absolute Gasteiger partial charge is 0.283 e. The van der Waals surface area contributed by atoms with Crippen molar-refractivity contribution in [2.45, 2.75) is 6.10 Å². The van der Waals surface area contributed by atoms with Crippen molar-refractivity contribution >= 4 is 27.7 Å². The van der Waals surface area contributed by atoms with Gasteiger partial charge in [-0.3, -0.25) is 20.4 Å². The summed E-state index contributed by atoms with van der Waals surface area (Å²) in [7, 11) is 0. The lowest BCUT2D eigenvalue weighted by Gasteiger charge is -2.25. The molecule has 1 atom stereocenters. The van der Waals surface area contributed by atoms with E-state index < -0.39 is 17.9 Å². The van der Waals surface area contributed by atoms with E-state index in [0.717, 1.165) is 0 Å². The Morgan fingerprint density at radius 3 is 2.67 bits per heavy atom. The number of ether oxygens (including phenoxy) is 2. The number of rotatable bonds is 2. The summed E-state index contributed by atoms with van der Waals surface area (Å²) >= 11 is 3.21. The number of para-hydroxylation sites is 2. The van der Waals surface area contributed by atoms with Crippen LogP contribution in [0, 0.1) is 0 Å². The van der Waals surface area contributed by atoms with Gasteiger partial charge >= 0.3 is 0 Å². The SMILES string of the molecule is O=C(NNC(=O)[C@@H]1COc2ccccc2O1)c1cc(Br)ccc1O. The Bertz CT molecular complexity index is 796. The molecule has 3 rings (SSSR count). The number of fused-ring (bicyclic) bond motifs is 1. The second-order valence-electron chi connectivity index (χ2n) is 4.97. The number of aromatic hydroxyl groups is 1. The van der Waals surface area contributed by atoms with E-state index in [1.165, 1.54) is 12.1 Å². The Morgan fingerprint density at radius 2 is 1.88 bits per heavy atom. The van der Waals surface area contributed by atoms with E-state index in [9.17, 15) is 14.7 Å². The Balaban J connectivity index is 1.60. The number of halogens is 1. The number of carbonyl (C=O) groups excluding carboxylic acids is 2. The molecule has 0 spiro atoms. The molecule has 0 bridgehead atoms. The molecule has 124 valence electrons. The number of hydrazine groups is 1. The van der Waals surface area contributed by atoms with Gasteiger partial charge in [-0.2, -0.15) is 0 Å². The summed E-state index contributed by atoms with van der Waals surface area (Å²) in [4.78, 5) is 24.1. The Morgan fingerprint density at radius 1 is 1.12 bits per heavy atom. The first-order valence-electron chi connectivity index (χ1n) is 7.02. The van der Waals surface area contributed by atoms with Crippen LogP contribution in [0.1, 0.15) is 10.4 Å². The van der Waals surface area contributed by atoms with Gasteiger partial charge in [0.2, 0.25) is 6.10 Å². The van der Waals surface area contributed by atoms with Crippen molar-refractivity contribution in [3.05, 3.63) is 52.5 Å². The zero-order chi connectivity index (χ0) is 17.1. The molecule has 2 aromatic rings.